The van der Waals surface area contributed by atoms with Crippen LogP contribution in [-0.2, 0) is 0 Å². The molecule has 0 saturated heterocycles. The highest BCUT2D eigenvalue weighted by Gasteiger charge is 2.24. The summed E-state index contributed by atoms with van der Waals surface area (Å²) in [5.41, 5.74) is 5.30. The Hall–Kier alpha value is -4.41. The van der Waals surface area contributed by atoms with Crippen LogP contribution in [0.4, 0.5) is 23.0 Å². The molecule has 33 heavy (non-hydrogen) atoms. The zero-order valence-electron chi connectivity index (χ0n) is 18.2. The van der Waals surface area contributed by atoms with Gasteiger partial charge in [0.1, 0.15) is 17.8 Å². The van der Waals surface area contributed by atoms with Gasteiger partial charge in [0.2, 0.25) is 11.6 Å². The van der Waals surface area contributed by atoms with Crippen LogP contribution in [0, 0.1) is 10.1 Å². The largest absolute Gasteiger partial charge is 0.496 e. The van der Waals surface area contributed by atoms with Gasteiger partial charge in [-0.05, 0) is 42.8 Å². The SMILES string of the molecule is CCCCOc1ccc(Nc2ncnc(NNC(=O)c3ccccc3OC)c2[N+](=O)[O-])cc1. The van der Waals surface area contributed by atoms with Crippen molar-refractivity contribution in [2.75, 3.05) is 24.5 Å². The molecule has 0 spiro atoms. The van der Waals surface area contributed by atoms with Crippen LogP contribution in [0.15, 0.2) is 54.9 Å². The van der Waals surface area contributed by atoms with Crippen LogP contribution in [-0.4, -0.2) is 34.5 Å². The topological polar surface area (TPSA) is 141 Å². The number of ether oxygens (including phenoxy) is 2. The van der Waals surface area contributed by atoms with E-state index in [-0.39, 0.29) is 17.2 Å². The van der Waals surface area contributed by atoms with Crippen LogP contribution in [0.5, 0.6) is 11.5 Å². The van der Waals surface area contributed by atoms with Crippen LogP contribution < -0.4 is 25.6 Å². The lowest BCUT2D eigenvalue weighted by Gasteiger charge is -2.12. The van der Waals surface area contributed by atoms with Gasteiger partial charge in [0, 0.05) is 5.69 Å². The van der Waals surface area contributed by atoms with Crippen molar-refractivity contribution in [2.45, 2.75) is 19.8 Å². The standard InChI is InChI=1S/C22H24N6O5/c1-3-4-13-33-16-11-9-15(10-12-16)25-20-19(28(30)31)21(24-14-23-20)26-27-22(29)17-7-5-6-8-18(17)32-2/h5-12,14H,3-4,13H2,1-2H3,(H,27,29)(H2,23,24,25,26). The van der Waals surface area contributed by atoms with Gasteiger partial charge in [-0.3, -0.25) is 25.8 Å². The van der Waals surface area contributed by atoms with Gasteiger partial charge < -0.3 is 14.8 Å². The van der Waals surface area contributed by atoms with Crippen molar-refractivity contribution in [3.05, 3.63) is 70.5 Å². The second-order valence-electron chi connectivity index (χ2n) is 6.81. The van der Waals surface area contributed by atoms with E-state index < -0.39 is 16.5 Å². The van der Waals surface area contributed by atoms with Crippen molar-refractivity contribution in [1.82, 2.24) is 15.4 Å². The Morgan fingerprint density at radius 2 is 1.82 bits per heavy atom. The third-order valence-electron chi connectivity index (χ3n) is 4.53. The van der Waals surface area contributed by atoms with Gasteiger partial charge >= 0.3 is 5.69 Å². The number of hydrazine groups is 1. The second kappa shape index (κ2) is 11.3. The summed E-state index contributed by atoms with van der Waals surface area (Å²) in [5.74, 6) is 0.295. The number of benzene rings is 2. The average molecular weight is 452 g/mol. The molecule has 1 heterocycles. The fourth-order valence-electron chi connectivity index (χ4n) is 2.86. The molecule has 3 aromatic rings. The highest BCUT2D eigenvalue weighted by Crippen LogP contribution is 2.31. The van der Waals surface area contributed by atoms with E-state index in [4.69, 9.17) is 9.47 Å². The van der Waals surface area contributed by atoms with Crippen molar-refractivity contribution >= 4 is 28.9 Å². The molecule has 0 radical (unpaired) electrons. The number of para-hydroxylation sites is 1. The Kier molecular flexibility index (Phi) is 7.95. The number of carbonyl (C=O) groups excluding carboxylic acids is 1. The fraction of sp³-hybridized carbons (Fsp3) is 0.227. The Labute approximate surface area is 190 Å². The Morgan fingerprint density at radius 3 is 2.52 bits per heavy atom. The van der Waals surface area contributed by atoms with Gasteiger partial charge in [-0.1, -0.05) is 25.5 Å². The molecule has 0 saturated carbocycles. The lowest BCUT2D eigenvalue weighted by molar-refractivity contribution is -0.383. The van der Waals surface area contributed by atoms with E-state index in [1.165, 1.54) is 7.11 Å². The van der Waals surface area contributed by atoms with E-state index in [1.54, 1.807) is 48.5 Å². The van der Waals surface area contributed by atoms with Gasteiger partial charge in [0.15, 0.2) is 0 Å². The first-order chi connectivity index (χ1) is 16.0. The minimum atomic E-state index is -0.637. The summed E-state index contributed by atoms with van der Waals surface area (Å²) in [5, 5.41) is 14.6. The molecule has 11 nitrogen and oxygen atoms in total. The van der Waals surface area contributed by atoms with Crippen molar-refractivity contribution in [3.63, 3.8) is 0 Å². The van der Waals surface area contributed by atoms with Gasteiger partial charge in [-0.2, -0.15) is 0 Å². The smallest absolute Gasteiger partial charge is 0.355 e. The van der Waals surface area contributed by atoms with E-state index in [9.17, 15) is 14.9 Å². The Balaban J connectivity index is 1.74. The molecular formula is C22H24N6O5. The molecule has 1 amide bonds. The minimum Gasteiger partial charge on any atom is -0.496 e. The Bertz CT molecular complexity index is 1110. The van der Waals surface area contributed by atoms with E-state index in [2.05, 4.69) is 33.1 Å². The van der Waals surface area contributed by atoms with E-state index in [1.807, 2.05) is 0 Å². The van der Waals surface area contributed by atoms with Crippen LogP contribution in [0.25, 0.3) is 0 Å². The van der Waals surface area contributed by atoms with E-state index >= 15 is 0 Å². The van der Waals surface area contributed by atoms with Gasteiger partial charge in [0.25, 0.3) is 5.91 Å². The second-order valence-corrected chi connectivity index (χ2v) is 6.81. The summed E-state index contributed by atoms with van der Waals surface area (Å²) >= 11 is 0. The summed E-state index contributed by atoms with van der Waals surface area (Å²) in [7, 11) is 1.44. The molecule has 11 heteroatoms. The number of nitrogens with zero attached hydrogens (tertiary/aromatic N) is 3. The molecule has 0 aliphatic rings. The summed E-state index contributed by atoms with van der Waals surface area (Å²) in [6.07, 6.45) is 3.14. The van der Waals surface area contributed by atoms with Crippen molar-refractivity contribution < 1.29 is 19.2 Å². The van der Waals surface area contributed by atoms with Crippen LogP contribution in [0.3, 0.4) is 0 Å². The first kappa shape index (κ1) is 23.3. The monoisotopic (exact) mass is 452 g/mol. The molecule has 2 aromatic carbocycles. The molecule has 0 aliphatic carbocycles. The Morgan fingerprint density at radius 1 is 1.09 bits per heavy atom. The number of hydrogen-bond acceptors (Lipinski definition) is 9. The predicted octanol–water partition coefficient (Wildman–Crippen LogP) is 4.07. The van der Waals surface area contributed by atoms with Crippen molar-refractivity contribution in [2.24, 2.45) is 0 Å². The molecule has 1 aromatic heterocycles. The third-order valence-corrected chi connectivity index (χ3v) is 4.53. The minimum absolute atomic E-state index is 0.0382. The molecule has 3 N–H and O–H groups in total. The molecule has 172 valence electrons. The zero-order chi connectivity index (χ0) is 23.6. The number of anilines is 3. The molecular weight excluding hydrogens is 428 g/mol. The number of nitro groups is 1. The number of rotatable bonds is 11. The maximum Gasteiger partial charge on any atom is 0.355 e. The molecule has 0 atom stereocenters. The molecule has 0 fully saturated rings. The number of unbranched alkanes of at least 4 members (excludes halogenated alkanes) is 1. The summed E-state index contributed by atoms with van der Waals surface area (Å²) in [6.45, 7) is 2.70. The quantitative estimate of drug-likeness (QED) is 0.223. The lowest BCUT2D eigenvalue weighted by atomic mass is 10.2. The number of methoxy groups -OCH3 is 1. The normalized spacial score (nSPS) is 10.2. The van der Waals surface area contributed by atoms with Crippen LogP contribution in [0.1, 0.15) is 30.1 Å². The summed E-state index contributed by atoms with van der Waals surface area (Å²) < 4.78 is 10.8. The molecule has 0 unspecified atom stereocenters. The summed E-state index contributed by atoms with van der Waals surface area (Å²) in [6, 6.07) is 13.6. The van der Waals surface area contributed by atoms with Gasteiger partial charge in [-0.25, -0.2) is 9.97 Å². The molecule has 3 rings (SSSR count). The molecule has 0 bridgehead atoms. The fourth-order valence-corrected chi connectivity index (χ4v) is 2.86. The van der Waals surface area contributed by atoms with Gasteiger partial charge in [0.05, 0.1) is 24.2 Å². The zero-order valence-corrected chi connectivity index (χ0v) is 18.2. The maximum atomic E-state index is 12.5. The first-order valence-corrected chi connectivity index (χ1v) is 10.2. The molecule has 0 aliphatic heterocycles. The lowest BCUT2D eigenvalue weighted by Crippen LogP contribution is -2.30. The van der Waals surface area contributed by atoms with E-state index in [0.717, 1.165) is 19.2 Å². The highest BCUT2D eigenvalue weighted by molar-refractivity contribution is 5.97. The average Bonchev–Trinajstić information content (AvgIpc) is 2.83. The van der Waals surface area contributed by atoms with Crippen molar-refractivity contribution in [1.29, 1.82) is 0 Å². The van der Waals surface area contributed by atoms with Crippen LogP contribution in [0.2, 0.25) is 0 Å². The number of aromatic nitrogens is 2. The maximum absolute atomic E-state index is 12.5. The predicted molar refractivity (Wildman–Crippen MR) is 123 cm³/mol. The van der Waals surface area contributed by atoms with Crippen LogP contribution >= 0.6 is 0 Å². The third kappa shape index (κ3) is 6.06. The van der Waals surface area contributed by atoms with Gasteiger partial charge in [-0.15, -0.1) is 0 Å². The first-order valence-electron chi connectivity index (χ1n) is 10.2. The number of carbonyl (C=O) groups is 1. The number of nitrogens with one attached hydrogen (secondary N) is 3. The number of hydrogen-bond donors (Lipinski definition) is 3. The highest BCUT2D eigenvalue weighted by atomic mass is 16.6. The number of amides is 1. The van der Waals surface area contributed by atoms with Crippen molar-refractivity contribution in [3.8, 4) is 11.5 Å². The summed E-state index contributed by atoms with van der Waals surface area (Å²) in [4.78, 5) is 31.5. The van der Waals surface area contributed by atoms with E-state index in [0.29, 0.717) is 23.8 Å².